The zero-order valence-corrected chi connectivity index (χ0v) is 15.3. The molecule has 1 aliphatic heterocycles. The van der Waals surface area contributed by atoms with Gasteiger partial charge in [-0.15, -0.1) is 0 Å². The largest absolute Gasteiger partial charge is 0.379 e. The summed E-state index contributed by atoms with van der Waals surface area (Å²) in [5.41, 5.74) is 0.780. The summed E-state index contributed by atoms with van der Waals surface area (Å²) in [7, 11) is 0. The van der Waals surface area contributed by atoms with Gasteiger partial charge in [-0.25, -0.2) is 4.68 Å². The number of rotatable bonds is 6. The molecule has 0 unspecified atom stereocenters. The Morgan fingerprint density at radius 3 is 2.76 bits per heavy atom. The number of carbonyl (C=O) groups is 1. The molecule has 1 aromatic heterocycles. The molecule has 1 fully saturated rings. The van der Waals surface area contributed by atoms with Crippen molar-refractivity contribution in [2.24, 2.45) is 0 Å². The highest BCUT2D eigenvalue weighted by atomic mass is 35.5. The molecule has 1 saturated heterocycles. The maximum absolute atomic E-state index is 12.1. The van der Waals surface area contributed by atoms with Gasteiger partial charge in [-0.05, 0) is 31.2 Å². The van der Waals surface area contributed by atoms with Crippen molar-refractivity contribution < 1.29 is 9.53 Å². The van der Waals surface area contributed by atoms with E-state index in [1.54, 1.807) is 29.1 Å². The van der Waals surface area contributed by atoms with Gasteiger partial charge >= 0.3 is 0 Å². The fourth-order valence-electron chi connectivity index (χ4n) is 2.66. The zero-order valence-electron chi connectivity index (χ0n) is 13.8. The van der Waals surface area contributed by atoms with Crippen LogP contribution in [0.3, 0.4) is 0 Å². The van der Waals surface area contributed by atoms with Crippen molar-refractivity contribution in [1.29, 1.82) is 0 Å². The molecule has 2 heterocycles. The van der Waals surface area contributed by atoms with E-state index < -0.39 is 0 Å². The second-order valence-electron chi connectivity index (χ2n) is 5.85. The molecule has 1 N–H and O–H groups in total. The van der Waals surface area contributed by atoms with Crippen LogP contribution in [-0.4, -0.2) is 53.4 Å². The first kappa shape index (κ1) is 18.2. The van der Waals surface area contributed by atoms with E-state index in [-0.39, 0.29) is 5.91 Å². The zero-order chi connectivity index (χ0) is 17.6. The van der Waals surface area contributed by atoms with Crippen LogP contribution in [-0.2, 0) is 9.53 Å². The molecule has 134 valence electrons. The molecule has 0 saturated carbocycles. The van der Waals surface area contributed by atoms with Crippen molar-refractivity contribution >= 4 is 34.9 Å². The van der Waals surface area contributed by atoms with E-state index >= 15 is 0 Å². The van der Waals surface area contributed by atoms with Crippen LogP contribution in [0, 0.1) is 0 Å². The quantitative estimate of drug-likeness (QED) is 0.832. The smallest absolute Gasteiger partial charge is 0.225 e. The third-order valence-electron chi connectivity index (χ3n) is 4.01. The Hall–Kier alpha value is -1.60. The van der Waals surface area contributed by atoms with Crippen LogP contribution in [0.5, 0.6) is 0 Å². The SMILES string of the molecule is O=C(CCCN1CCOCC1)Nc1ccn(-c2ccc(Cl)c(Cl)c2)n1. The third-order valence-corrected chi connectivity index (χ3v) is 4.75. The number of amides is 1. The Balaban J connectivity index is 1.48. The van der Waals surface area contributed by atoms with Gasteiger partial charge < -0.3 is 10.1 Å². The van der Waals surface area contributed by atoms with Crippen LogP contribution in [0.25, 0.3) is 5.69 Å². The molecule has 1 amide bonds. The lowest BCUT2D eigenvalue weighted by molar-refractivity contribution is -0.116. The van der Waals surface area contributed by atoms with Crippen LogP contribution in [0.4, 0.5) is 5.82 Å². The van der Waals surface area contributed by atoms with Gasteiger partial charge in [0.25, 0.3) is 0 Å². The van der Waals surface area contributed by atoms with Crippen molar-refractivity contribution in [3.8, 4) is 5.69 Å². The Kier molecular flexibility index (Phi) is 6.31. The minimum Gasteiger partial charge on any atom is -0.379 e. The molecule has 1 aromatic carbocycles. The van der Waals surface area contributed by atoms with Gasteiger partial charge in [0.15, 0.2) is 5.82 Å². The molecular weight excluding hydrogens is 363 g/mol. The normalized spacial score (nSPS) is 15.3. The fourth-order valence-corrected chi connectivity index (χ4v) is 2.95. The first-order valence-electron chi connectivity index (χ1n) is 8.23. The number of hydrogen-bond donors (Lipinski definition) is 1. The van der Waals surface area contributed by atoms with E-state index in [0.29, 0.717) is 22.3 Å². The molecular formula is C17H20Cl2N4O2. The van der Waals surface area contributed by atoms with E-state index in [1.807, 2.05) is 6.07 Å². The molecule has 25 heavy (non-hydrogen) atoms. The van der Waals surface area contributed by atoms with E-state index in [0.717, 1.165) is 45.0 Å². The number of ether oxygens (including phenoxy) is 1. The number of halogens is 2. The minimum atomic E-state index is -0.0346. The Morgan fingerprint density at radius 2 is 2.00 bits per heavy atom. The number of hydrogen-bond acceptors (Lipinski definition) is 4. The fraction of sp³-hybridized carbons (Fsp3) is 0.412. The van der Waals surface area contributed by atoms with Gasteiger partial charge in [0.2, 0.25) is 5.91 Å². The van der Waals surface area contributed by atoms with Crippen molar-refractivity contribution in [2.45, 2.75) is 12.8 Å². The molecule has 0 spiro atoms. The minimum absolute atomic E-state index is 0.0346. The molecule has 6 nitrogen and oxygen atoms in total. The van der Waals surface area contributed by atoms with Gasteiger partial charge in [-0.1, -0.05) is 23.2 Å². The average molecular weight is 383 g/mol. The predicted molar refractivity (Wildman–Crippen MR) is 98.7 cm³/mol. The average Bonchev–Trinajstić information content (AvgIpc) is 3.06. The van der Waals surface area contributed by atoms with Crippen LogP contribution in [0.15, 0.2) is 30.5 Å². The summed E-state index contributed by atoms with van der Waals surface area (Å²) < 4.78 is 6.96. The van der Waals surface area contributed by atoms with E-state index in [4.69, 9.17) is 27.9 Å². The lowest BCUT2D eigenvalue weighted by atomic mass is 10.2. The second-order valence-corrected chi connectivity index (χ2v) is 6.66. The number of nitrogens with zero attached hydrogens (tertiary/aromatic N) is 3. The van der Waals surface area contributed by atoms with Gasteiger partial charge in [-0.2, -0.15) is 5.10 Å². The second kappa shape index (κ2) is 8.67. The summed E-state index contributed by atoms with van der Waals surface area (Å²) in [6, 6.07) is 7.01. The summed E-state index contributed by atoms with van der Waals surface area (Å²) >= 11 is 11.9. The Morgan fingerprint density at radius 1 is 1.20 bits per heavy atom. The number of benzene rings is 1. The van der Waals surface area contributed by atoms with Crippen molar-refractivity contribution in [1.82, 2.24) is 14.7 Å². The summed E-state index contributed by atoms with van der Waals surface area (Å²) in [5, 5.41) is 8.12. The topological polar surface area (TPSA) is 59.4 Å². The van der Waals surface area contributed by atoms with E-state index in [9.17, 15) is 4.79 Å². The molecule has 0 bridgehead atoms. The maximum Gasteiger partial charge on any atom is 0.225 e. The first-order valence-corrected chi connectivity index (χ1v) is 8.98. The predicted octanol–water partition coefficient (Wildman–Crippen LogP) is 3.23. The molecule has 3 rings (SSSR count). The summed E-state index contributed by atoms with van der Waals surface area (Å²) in [6.45, 7) is 4.34. The molecule has 8 heteroatoms. The molecule has 2 aromatic rings. The van der Waals surface area contributed by atoms with Crippen LogP contribution < -0.4 is 5.32 Å². The maximum atomic E-state index is 12.1. The monoisotopic (exact) mass is 382 g/mol. The number of carbonyl (C=O) groups excluding carboxylic acids is 1. The van der Waals surface area contributed by atoms with Gasteiger partial charge in [0.1, 0.15) is 0 Å². The van der Waals surface area contributed by atoms with Crippen molar-refractivity contribution in [3.05, 3.63) is 40.5 Å². The van der Waals surface area contributed by atoms with Gasteiger partial charge in [0, 0.05) is 31.8 Å². The van der Waals surface area contributed by atoms with E-state index in [2.05, 4.69) is 15.3 Å². The van der Waals surface area contributed by atoms with Crippen molar-refractivity contribution in [3.63, 3.8) is 0 Å². The highest BCUT2D eigenvalue weighted by molar-refractivity contribution is 6.42. The lowest BCUT2D eigenvalue weighted by Gasteiger charge is -2.26. The highest BCUT2D eigenvalue weighted by Gasteiger charge is 2.11. The number of anilines is 1. The number of morpholine rings is 1. The summed E-state index contributed by atoms with van der Waals surface area (Å²) in [6.07, 6.45) is 3.05. The van der Waals surface area contributed by atoms with E-state index in [1.165, 1.54) is 0 Å². The number of nitrogens with one attached hydrogen (secondary N) is 1. The molecule has 1 aliphatic rings. The number of aromatic nitrogens is 2. The van der Waals surface area contributed by atoms with Gasteiger partial charge in [-0.3, -0.25) is 9.69 Å². The van der Waals surface area contributed by atoms with Crippen LogP contribution in [0.1, 0.15) is 12.8 Å². The third kappa shape index (κ3) is 5.19. The summed E-state index contributed by atoms with van der Waals surface area (Å²) in [5.74, 6) is 0.482. The molecule has 0 radical (unpaired) electrons. The van der Waals surface area contributed by atoms with Gasteiger partial charge in [0.05, 0.1) is 28.9 Å². The summed E-state index contributed by atoms with van der Waals surface area (Å²) in [4.78, 5) is 14.4. The Labute approximate surface area is 156 Å². The van der Waals surface area contributed by atoms with Crippen LogP contribution >= 0.6 is 23.2 Å². The Bertz CT molecular complexity index is 729. The standard InChI is InChI=1S/C17H20Cl2N4O2/c18-14-4-3-13(12-15(14)19)23-7-5-16(21-23)20-17(24)2-1-6-22-8-10-25-11-9-22/h3-5,7,12H,1-2,6,8-11H2,(H,20,21,24). The first-order chi connectivity index (χ1) is 12.1. The van der Waals surface area contributed by atoms with Crippen LogP contribution in [0.2, 0.25) is 10.0 Å². The lowest BCUT2D eigenvalue weighted by Crippen LogP contribution is -2.37. The molecule has 0 aliphatic carbocycles. The highest BCUT2D eigenvalue weighted by Crippen LogP contribution is 2.24. The molecule has 0 atom stereocenters. The van der Waals surface area contributed by atoms with Crippen molar-refractivity contribution in [2.75, 3.05) is 38.2 Å².